The third kappa shape index (κ3) is 2.83. The molecule has 0 spiro atoms. The van der Waals surface area contributed by atoms with Crippen LogP contribution in [0.15, 0.2) is 17.5 Å². The summed E-state index contributed by atoms with van der Waals surface area (Å²) in [6, 6.07) is 0. The lowest BCUT2D eigenvalue weighted by atomic mass is 10.2. The highest BCUT2D eigenvalue weighted by atomic mass is 16.5. The SMILES string of the molecule is CCOc1cncc(OCC)c1C=NO. The molecule has 1 aromatic rings. The first kappa shape index (κ1) is 11.3. The van der Waals surface area contributed by atoms with Crippen LogP contribution in [0, 0.1) is 0 Å². The molecular weight excluding hydrogens is 196 g/mol. The summed E-state index contributed by atoms with van der Waals surface area (Å²) in [7, 11) is 0. The number of pyridine rings is 1. The molecule has 1 heterocycles. The zero-order valence-electron chi connectivity index (χ0n) is 8.80. The fourth-order valence-corrected chi connectivity index (χ4v) is 1.16. The molecule has 0 saturated heterocycles. The molecule has 0 fully saturated rings. The van der Waals surface area contributed by atoms with Crippen molar-refractivity contribution in [2.45, 2.75) is 13.8 Å². The Hall–Kier alpha value is -1.78. The number of rotatable bonds is 5. The first-order valence-electron chi connectivity index (χ1n) is 4.74. The van der Waals surface area contributed by atoms with Crippen LogP contribution in [0.4, 0.5) is 0 Å². The molecule has 5 nitrogen and oxygen atoms in total. The Balaban J connectivity index is 3.09. The second-order valence-corrected chi connectivity index (χ2v) is 2.66. The molecule has 0 atom stereocenters. The van der Waals surface area contributed by atoms with Crippen LogP contribution in [0.1, 0.15) is 19.4 Å². The van der Waals surface area contributed by atoms with Gasteiger partial charge in [-0.05, 0) is 13.8 Å². The summed E-state index contributed by atoms with van der Waals surface area (Å²) < 4.78 is 10.7. The molecule has 0 amide bonds. The van der Waals surface area contributed by atoms with E-state index in [1.54, 1.807) is 12.4 Å². The van der Waals surface area contributed by atoms with Crippen LogP contribution >= 0.6 is 0 Å². The Morgan fingerprint density at radius 2 is 1.80 bits per heavy atom. The predicted octanol–water partition coefficient (Wildman–Crippen LogP) is 1.69. The zero-order chi connectivity index (χ0) is 11.1. The molecule has 0 aliphatic carbocycles. The maximum absolute atomic E-state index is 8.54. The monoisotopic (exact) mass is 210 g/mol. The fraction of sp³-hybridized carbons (Fsp3) is 0.400. The van der Waals surface area contributed by atoms with E-state index in [1.807, 2.05) is 13.8 Å². The lowest BCUT2D eigenvalue weighted by Gasteiger charge is -2.10. The van der Waals surface area contributed by atoms with E-state index in [2.05, 4.69) is 10.1 Å². The van der Waals surface area contributed by atoms with Crippen LogP contribution in [0.2, 0.25) is 0 Å². The minimum atomic E-state index is 0.517. The van der Waals surface area contributed by atoms with Gasteiger partial charge in [-0.25, -0.2) is 0 Å². The second kappa shape index (κ2) is 5.85. The largest absolute Gasteiger partial charge is 0.491 e. The van der Waals surface area contributed by atoms with Gasteiger partial charge in [0.1, 0.15) is 11.5 Å². The Labute approximate surface area is 88.3 Å². The van der Waals surface area contributed by atoms with Crippen LogP contribution < -0.4 is 9.47 Å². The van der Waals surface area contributed by atoms with E-state index in [1.165, 1.54) is 6.21 Å². The number of ether oxygens (including phenoxy) is 2. The second-order valence-electron chi connectivity index (χ2n) is 2.66. The van der Waals surface area contributed by atoms with Gasteiger partial charge in [0.15, 0.2) is 0 Å². The summed E-state index contributed by atoms with van der Waals surface area (Å²) in [4.78, 5) is 3.97. The van der Waals surface area contributed by atoms with Gasteiger partial charge in [-0.2, -0.15) is 0 Å². The van der Waals surface area contributed by atoms with Gasteiger partial charge in [-0.3, -0.25) is 4.98 Å². The molecule has 0 radical (unpaired) electrons. The Kier molecular flexibility index (Phi) is 4.40. The molecule has 1 N–H and O–H groups in total. The molecule has 0 saturated carbocycles. The topological polar surface area (TPSA) is 63.9 Å². The van der Waals surface area contributed by atoms with Gasteiger partial charge in [0.05, 0.1) is 37.4 Å². The van der Waals surface area contributed by atoms with Crippen LogP contribution in [0.5, 0.6) is 11.5 Å². The van der Waals surface area contributed by atoms with Gasteiger partial charge in [-0.15, -0.1) is 0 Å². The van der Waals surface area contributed by atoms with Gasteiger partial charge in [-0.1, -0.05) is 5.16 Å². The number of hydrogen-bond acceptors (Lipinski definition) is 5. The van der Waals surface area contributed by atoms with Gasteiger partial charge in [0, 0.05) is 0 Å². The standard InChI is InChI=1S/C10H14N2O3/c1-3-14-9-6-11-7-10(15-4-2)8(9)5-12-13/h5-7,13H,3-4H2,1-2H3. The molecule has 0 aliphatic rings. The molecule has 0 bridgehead atoms. The van der Waals surface area contributed by atoms with E-state index in [0.29, 0.717) is 30.3 Å². The summed E-state index contributed by atoms with van der Waals surface area (Å²) in [5.74, 6) is 1.09. The highest BCUT2D eigenvalue weighted by molar-refractivity contribution is 5.86. The first-order valence-corrected chi connectivity index (χ1v) is 4.74. The number of hydrogen-bond donors (Lipinski definition) is 1. The van der Waals surface area contributed by atoms with E-state index < -0.39 is 0 Å². The van der Waals surface area contributed by atoms with Crippen LogP contribution in [-0.4, -0.2) is 29.6 Å². The van der Waals surface area contributed by atoms with Crippen LogP contribution in [-0.2, 0) is 0 Å². The summed E-state index contributed by atoms with van der Waals surface area (Å²) >= 11 is 0. The van der Waals surface area contributed by atoms with Crippen molar-refractivity contribution in [3.05, 3.63) is 18.0 Å². The van der Waals surface area contributed by atoms with E-state index in [4.69, 9.17) is 14.7 Å². The quantitative estimate of drug-likeness (QED) is 0.456. The average molecular weight is 210 g/mol. The molecule has 0 aliphatic heterocycles. The van der Waals surface area contributed by atoms with Gasteiger partial charge in [0.2, 0.25) is 0 Å². The molecule has 82 valence electrons. The molecule has 5 heteroatoms. The Morgan fingerprint density at radius 1 is 1.27 bits per heavy atom. The number of oxime groups is 1. The van der Waals surface area contributed by atoms with Crippen molar-refractivity contribution >= 4 is 6.21 Å². The highest BCUT2D eigenvalue weighted by Crippen LogP contribution is 2.25. The summed E-state index contributed by atoms with van der Waals surface area (Å²) in [5, 5.41) is 11.5. The van der Waals surface area contributed by atoms with Gasteiger partial charge >= 0.3 is 0 Å². The normalized spacial score (nSPS) is 10.5. The minimum absolute atomic E-state index is 0.517. The average Bonchev–Trinajstić information content (AvgIpc) is 2.23. The maximum Gasteiger partial charge on any atom is 0.150 e. The Morgan fingerprint density at radius 3 is 2.20 bits per heavy atom. The lowest BCUT2D eigenvalue weighted by Crippen LogP contribution is -2.02. The highest BCUT2D eigenvalue weighted by Gasteiger charge is 2.09. The maximum atomic E-state index is 8.54. The minimum Gasteiger partial charge on any atom is -0.491 e. The van der Waals surface area contributed by atoms with Crippen molar-refractivity contribution in [3.63, 3.8) is 0 Å². The van der Waals surface area contributed by atoms with E-state index in [9.17, 15) is 0 Å². The lowest BCUT2D eigenvalue weighted by molar-refractivity contribution is 0.313. The first-order chi connectivity index (χ1) is 7.33. The summed E-state index contributed by atoms with van der Waals surface area (Å²) in [6.07, 6.45) is 4.39. The fourth-order valence-electron chi connectivity index (χ4n) is 1.16. The smallest absolute Gasteiger partial charge is 0.150 e. The van der Waals surface area contributed by atoms with Crippen molar-refractivity contribution in [1.29, 1.82) is 0 Å². The van der Waals surface area contributed by atoms with Crippen molar-refractivity contribution in [3.8, 4) is 11.5 Å². The molecule has 0 unspecified atom stereocenters. The van der Waals surface area contributed by atoms with E-state index >= 15 is 0 Å². The van der Waals surface area contributed by atoms with Crippen molar-refractivity contribution in [2.75, 3.05) is 13.2 Å². The van der Waals surface area contributed by atoms with Crippen LogP contribution in [0.25, 0.3) is 0 Å². The van der Waals surface area contributed by atoms with Gasteiger partial charge in [0.25, 0.3) is 0 Å². The Bertz CT molecular complexity index is 315. The molecule has 15 heavy (non-hydrogen) atoms. The third-order valence-electron chi connectivity index (χ3n) is 1.70. The van der Waals surface area contributed by atoms with Gasteiger partial charge < -0.3 is 14.7 Å². The van der Waals surface area contributed by atoms with Crippen molar-refractivity contribution in [2.24, 2.45) is 5.16 Å². The molecule has 1 aromatic heterocycles. The third-order valence-corrected chi connectivity index (χ3v) is 1.70. The molecule has 0 aromatic carbocycles. The van der Waals surface area contributed by atoms with Crippen molar-refractivity contribution in [1.82, 2.24) is 4.98 Å². The van der Waals surface area contributed by atoms with E-state index in [-0.39, 0.29) is 0 Å². The number of nitrogens with zero attached hydrogens (tertiary/aromatic N) is 2. The van der Waals surface area contributed by atoms with E-state index in [0.717, 1.165) is 0 Å². The molecule has 1 rings (SSSR count). The predicted molar refractivity (Wildman–Crippen MR) is 56.0 cm³/mol. The number of aromatic nitrogens is 1. The molecular formula is C10H14N2O3. The summed E-state index contributed by atoms with van der Waals surface area (Å²) in [6.45, 7) is 4.77. The summed E-state index contributed by atoms with van der Waals surface area (Å²) in [5.41, 5.74) is 0.594. The van der Waals surface area contributed by atoms with Crippen molar-refractivity contribution < 1.29 is 14.7 Å². The van der Waals surface area contributed by atoms with Crippen LogP contribution in [0.3, 0.4) is 0 Å². The zero-order valence-corrected chi connectivity index (χ0v) is 8.80.